The highest BCUT2D eigenvalue weighted by atomic mass is 35.5. The molecule has 4 rings (SSSR count). The summed E-state index contributed by atoms with van der Waals surface area (Å²) in [6, 6.07) is 4.87. The number of hydrogen-bond donors (Lipinski definition) is 2. The summed E-state index contributed by atoms with van der Waals surface area (Å²) in [5.74, 6) is -0.256. The fourth-order valence-electron chi connectivity index (χ4n) is 3.69. The van der Waals surface area contributed by atoms with E-state index in [2.05, 4.69) is 22.7 Å². The zero-order chi connectivity index (χ0) is 22.3. The molecule has 2 amide bonds. The molecule has 10 heteroatoms. The normalized spacial score (nSPS) is 15.5. The highest BCUT2D eigenvalue weighted by molar-refractivity contribution is 7.17. The van der Waals surface area contributed by atoms with Gasteiger partial charge in [-0.15, -0.1) is 11.3 Å². The van der Waals surface area contributed by atoms with Gasteiger partial charge in [0.25, 0.3) is 11.8 Å². The molecule has 0 aliphatic heterocycles. The predicted octanol–water partition coefficient (Wildman–Crippen LogP) is 6.07. The van der Waals surface area contributed by atoms with E-state index in [1.54, 1.807) is 25.2 Å². The van der Waals surface area contributed by atoms with Gasteiger partial charge >= 0.3 is 0 Å². The molecule has 2 heterocycles. The molecule has 0 fully saturated rings. The average molecular weight is 498 g/mol. The molecule has 1 aliphatic carbocycles. The first-order chi connectivity index (χ1) is 14.7. The second kappa shape index (κ2) is 8.82. The molecule has 0 saturated heterocycles. The van der Waals surface area contributed by atoms with Gasteiger partial charge in [-0.25, -0.2) is 0 Å². The van der Waals surface area contributed by atoms with Gasteiger partial charge in [0.15, 0.2) is 0 Å². The van der Waals surface area contributed by atoms with Crippen LogP contribution in [0.15, 0.2) is 24.4 Å². The summed E-state index contributed by atoms with van der Waals surface area (Å²) in [4.78, 5) is 27.3. The van der Waals surface area contributed by atoms with Crippen LogP contribution >= 0.6 is 46.1 Å². The number of nitrogens with one attached hydrogen (secondary N) is 2. The Hall–Kier alpha value is -2.06. The molecule has 2 aromatic heterocycles. The molecule has 1 aromatic carbocycles. The Morgan fingerprint density at radius 2 is 1.94 bits per heavy atom. The van der Waals surface area contributed by atoms with Crippen molar-refractivity contribution in [2.45, 2.75) is 26.2 Å². The monoisotopic (exact) mass is 496 g/mol. The first kappa shape index (κ1) is 22.1. The number of rotatable bonds is 4. The van der Waals surface area contributed by atoms with E-state index in [4.69, 9.17) is 34.8 Å². The van der Waals surface area contributed by atoms with Crippen LogP contribution in [0.4, 0.5) is 10.7 Å². The number of hydrogen-bond acceptors (Lipinski definition) is 4. The largest absolute Gasteiger partial charge is 0.320 e. The van der Waals surface area contributed by atoms with Gasteiger partial charge in [-0.3, -0.25) is 14.3 Å². The van der Waals surface area contributed by atoms with E-state index >= 15 is 0 Å². The zero-order valence-electron chi connectivity index (χ0n) is 16.8. The molecular weight excluding hydrogens is 479 g/mol. The van der Waals surface area contributed by atoms with Gasteiger partial charge in [0.1, 0.15) is 10.7 Å². The number of aromatic nitrogens is 2. The fourth-order valence-corrected chi connectivity index (χ4v) is 5.68. The van der Waals surface area contributed by atoms with Gasteiger partial charge < -0.3 is 10.6 Å². The first-order valence-electron chi connectivity index (χ1n) is 9.64. The van der Waals surface area contributed by atoms with Crippen LogP contribution in [0.5, 0.6) is 0 Å². The fraction of sp³-hybridized carbons (Fsp3) is 0.286. The van der Waals surface area contributed by atoms with E-state index in [1.165, 1.54) is 22.2 Å². The van der Waals surface area contributed by atoms with Gasteiger partial charge in [-0.2, -0.15) is 5.10 Å². The van der Waals surface area contributed by atoms with Crippen LogP contribution in [-0.4, -0.2) is 21.6 Å². The molecule has 162 valence electrons. The van der Waals surface area contributed by atoms with Crippen LogP contribution in [0.3, 0.4) is 0 Å². The third-order valence-corrected chi connectivity index (χ3v) is 7.26. The quantitative estimate of drug-likeness (QED) is 0.459. The third-order valence-electron chi connectivity index (χ3n) is 5.25. The van der Waals surface area contributed by atoms with E-state index in [0.29, 0.717) is 32.2 Å². The summed E-state index contributed by atoms with van der Waals surface area (Å²) in [6.07, 6.45) is 4.01. The number of carbonyl (C=O) groups excluding carboxylic acids is 2. The summed E-state index contributed by atoms with van der Waals surface area (Å²) in [5, 5.41) is 11.3. The van der Waals surface area contributed by atoms with Crippen LogP contribution in [0.1, 0.15) is 44.6 Å². The highest BCUT2D eigenvalue weighted by Crippen LogP contribution is 2.40. The minimum Gasteiger partial charge on any atom is -0.320 e. The molecule has 31 heavy (non-hydrogen) atoms. The molecule has 0 unspecified atom stereocenters. The molecule has 0 bridgehead atoms. The van der Waals surface area contributed by atoms with E-state index in [1.807, 2.05) is 0 Å². The Morgan fingerprint density at radius 1 is 1.16 bits per heavy atom. The standard InChI is InChI=1S/C21H19Cl3N4O2S/c1-10-3-5-12-16(7-10)31-21(27-20(30)18-14(24)9-25-28(18)2)17(12)19(29)26-15-8-11(22)4-6-13(15)23/h4,6,8-10H,3,5,7H2,1-2H3,(H,26,29)(H,27,30)/t10-/m1/s1. The lowest BCUT2D eigenvalue weighted by Gasteiger charge is -2.19. The minimum atomic E-state index is -0.425. The van der Waals surface area contributed by atoms with E-state index in [-0.39, 0.29) is 16.6 Å². The molecular formula is C21H19Cl3N4O2S. The number of anilines is 2. The smallest absolute Gasteiger partial charge is 0.276 e. The Balaban J connectivity index is 1.71. The second-order valence-corrected chi connectivity index (χ2v) is 9.91. The lowest BCUT2D eigenvalue weighted by atomic mass is 9.88. The van der Waals surface area contributed by atoms with Crippen LogP contribution < -0.4 is 10.6 Å². The number of fused-ring (bicyclic) bond motifs is 1. The van der Waals surface area contributed by atoms with Crippen molar-refractivity contribution in [3.63, 3.8) is 0 Å². The van der Waals surface area contributed by atoms with Crippen molar-refractivity contribution in [1.29, 1.82) is 0 Å². The lowest BCUT2D eigenvalue weighted by Crippen LogP contribution is -2.21. The molecule has 2 N–H and O–H groups in total. The lowest BCUT2D eigenvalue weighted by molar-refractivity contribution is 0.101. The number of thiophene rings is 1. The molecule has 1 atom stereocenters. The van der Waals surface area contributed by atoms with Crippen molar-refractivity contribution in [2.75, 3.05) is 10.6 Å². The van der Waals surface area contributed by atoms with Gasteiger partial charge in [-0.1, -0.05) is 41.7 Å². The summed E-state index contributed by atoms with van der Waals surface area (Å²) in [5.41, 5.74) is 2.06. The summed E-state index contributed by atoms with van der Waals surface area (Å²) in [7, 11) is 1.64. The van der Waals surface area contributed by atoms with Crippen molar-refractivity contribution in [3.8, 4) is 0 Å². The van der Waals surface area contributed by atoms with Crippen molar-refractivity contribution >= 4 is 68.6 Å². The summed E-state index contributed by atoms with van der Waals surface area (Å²) < 4.78 is 1.40. The van der Waals surface area contributed by atoms with Gasteiger partial charge in [0.05, 0.1) is 27.5 Å². The van der Waals surface area contributed by atoms with E-state index < -0.39 is 5.91 Å². The number of amides is 2. The number of halogens is 3. The topological polar surface area (TPSA) is 76.0 Å². The van der Waals surface area contributed by atoms with Gasteiger partial charge in [0.2, 0.25) is 0 Å². The van der Waals surface area contributed by atoms with Crippen LogP contribution in [-0.2, 0) is 19.9 Å². The van der Waals surface area contributed by atoms with E-state index in [9.17, 15) is 9.59 Å². The molecule has 0 saturated carbocycles. The van der Waals surface area contributed by atoms with Crippen molar-refractivity contribution < 1.29 is 9.59 Å². The predicted molar refractivity (Wildman–Crippen MR) is 126 cm³/mol. The summed E-state index contributed by atoms with van der Waals surface area (Å²) in [6.45, 7) is 2.18. The highest BCUT2D eigenvalue weighted by Gasteiger charge is 2.29. The molecule has 0 spiro atoms. The van der Waals surface area contributed by atoms with Gasteiger partial charge in [-0.05, 0) is 48.9 Å². The Bertz CT molecular complexity index is 1170. The average Bonchev–Trinajstić information content (AvgIpc) is 3.23. The zero-order valence-corrected chi connectivity index (χ0v) is 19.8. The Labute approximate surface area is 198 Å². The molecule has 3 aromatic rings. The Morgan fingerprint density at radius 3 is 2.65 bits per heavy atom. The van der Waals surface area contributed by atoms with Crippen LogP contribution in [0.2, 0.25) is 15.1 Å². The molecule has 6 nitrogen and oxygen atoms in total. The van der Waals surface area contributed by atoms with Crippen LogP contribution in [0, 0.1) is 5.92 Å². The number of aryl methyl sites for hydroxylation is 1. The first-order valence-corrected chi connectivity index (χ1v) is 11.6. The maximum Gasteiger partial charge on any atom is 0.276 e. The van der Waals surface area contributed by atoms with Crippen molar-refractivity contribution in [3.05, 3.63) is 61.2 Å². The minimum absolute atomic E-state index is 0.227. The van der Waals surface area contributed by atoms with Crippen LogP contribution in [0.25, 0.3) is 0 Å². The number of carbonyl (C=O) groups is 2. The Kier molecular flexibility index (Phi) is 6.30. The summed E-state index contributed by atoms with van der Waals surface area (Å²) >= 11 is 19.8. The number of nitrogens with zero attached hydrogens (tertiary/aromatic N) is 2. The SMILES string of the molecule is C[C@@H]1CCc2c(sc(NC(=O)c3c(Cl)cnn3C)c2C(=O)Nc2cc(Cl)ccc2Cl)C1. The maximum absolute atomic E-state index is 13.3. The maximum atomic E-state index is 13.3. The third kappa shape index (κ3) is 4.46. The van der Waals surface area contributed by atoms with Gasteiger partial charge in [0, 0.05) is 16.9 Å². The molecule has 0 radical (unpaired) electrons. The number of benzene rings is 1. The van der Waals surface area contributed by atoms with Crippen molar-refractivity contribution in [1.82, 2.24) is 9.78 Å². The van der Waals surface area contributed by atoms with Crippen molar-refractivity contribution in [2.24, 2.45) is 13.0 Å². The van der Waals surface area contributed by atoms with E-state index in [0.717, 1.165) is 29.7 Å². The second-order valence-electron chi connectivity index (χ2n) is 7.55. The molecule has 1 aliphatic rings.